The Labute approximate surface area is 195 Å². The lowest BCUT2D eigenvalue weighted by Crippen LogP contribution is -2.52. The van der Waals surface area contributed by atoms with Gasteiger partial charge in [0.05, 0.1) is 6.04 Å². The topological polar surface area (TPSA) is 101 Å². The lowest BCUT2D eigenvalue weighted by Gasteiger charge is -2.36. The molecule has 0 bridgehead atoms. The van der Waals surface area contributed by atoms with Crippen molar-refractivity contribution in [3.8, 4) is 11.5 Å². The summed E-state index contributed by atoms with van der Waals surface area (Å²) in [5.41, 5.74) is 1.03. The zero-order chi connectivity index (χ0) is 22.9. The van der Waals surface area contributed by atoms with Crippen LogP contribution in [0.4, 0.5) is 0 Å². The summed E-state index contributed by atoms with van der Waals surface area (Å²) in [5.74, 6) is -0.585. The molecule has 0 radical (unpaired) electrons. The van der Waals surface area contributed by atoms with Crippen LogP contribution in [0.2, 0.25) is 5.02 Å². The first-order valence-electron chi connectivity index (χ1n) is 10.8. The number of fused-ring (bicyclic) bond motifs is 2. The van der Waals surface area contributed by atoms with E-state index >= 15 is 0 Å². The van der Waals surface area contributed by atoms with Gasteiger partial charge in [-0.3, -0.25) is 9.59 Å². The molecule has 2 aliphatic rings. The van der Waals surface area contributed by atoms with E-state index in [1.54, 1.807) is 36.4 Å². The highest BCUT2D eigenvalue weighted by Gasteiger charge is 2.31. The van der Waals surface area contributed by atoms with Crippen molar-refractivity contribution >= 4 is 34.3 Å². The van der Waals surface area contributed by atoms with E-state index in [9.17, 15) is 14.7 Å². The number of hydrogen-bond donors (Lipinski definition) is 2. The quantitative estimate of drug-likeness (QED) is 0.404. The molecule has 0 aliphatic carbocycles. The number of aliphatic hydroxyl groups excluding tert-OH is 1. The summed E-state index contributed by atoms with van der Waals surface area (Å²) in [4.78, 5) is 27.7. The number of carbonyl (C=O) groups excluding carboxylic acids is 2. The Balaban J connectivity index is 1.35. The molecule has 2 aliphatic heterocycles. The van der Waals surface area contributed by atoms with Crippen LogP contribution in [0.15, 0.2) is 46.9 Å². The van der Waals surface area contributed by atoms with E-state index in [1.807, 2.05) is 0 Å². The van der Waals surface area contributed by atoms with Gasteiger partial charge in [0.2, 0.25) is 0 Å². The smallest absolute Gasteiger partial charge is 0.296 e. The maximum absolute atomic E-state index is 12.8. The molecule has 8 nitrogen and oxygen atoms in total. The Morgan fingerprint density at radius 3 is 2.61 bits per heavy atom. The number of nitrogens with zero attached hydrogens (tertiary/aromatic N) is 1. The SMILES string of the molecule is O=C(N[C@H](CN1CCC1)[C@H](O)c1ccc2c(c1)OCCO2)C(=O)c1cc2cc(Cl)ccc2o1. The third kappa shape index (κ3) is 4.55. The molecule has 3 heterocycles. The molecule has 1 saturated heterocycles. The van der Waals surface area contributed by atoms with Crippen LogP contribution in [0.25, 0.3) is 11.0 Å². The van der Waals surface area contributed by atoms with E-state index in [0.29, 0.717) is 52.8 Å². The highest BCUT2D eigenvalue weighted by atomic mass is 35.5. The normalized spacial score (nSPS) is 17.3. The molecule has 9 heteroatoms. The van der Waals surface area contributed by atoms with E-state index in [1.165, 1.54) is 6.07 Å². The van der Waals surface area contributed by atoms with E-state index in [4.69, 9.17) is 25.5 Å². The van der Waals surface area contributed by atoms with Crippen LogP contribution in [0.3, 0.4) is 0 Å². The zero-order valence-corrected chi connectivity index (χ0v) is 18.5. The number of hydrogen-bond acceptors (Lipinski definition) is 7. The lowest BCUT2D eigenvalue weighted by atomic mass is 9.99. The number of amides is 1. The predicted octanol–water partition coefficient (Wildman–Crippen LogP) is 2.96. The average Bonchev–Trinajstić information content (AvgIpc) is 3.22. The number of halogens is 1. The van der Waals surface area contributed by atoms with Crippen molar-refractivity contribution in [1.29, 1.82) is 0 Å². The standard InChI is InChI=1S/C24H23ClN2O6/c25-16-3-5-18-15(10-16)12-21(33-18)23(29)24(30)26-17(13-27-6-1-7-27)22(28)14-2-4-19-20(11-14)32-9-8-31-19/h2-5,10-12,17,22,28H,1,6-9,13H2,(H,26,30)/t17-,22-/m1/s1. The largest absolute Gasteiger partial charge is 0.486 e. The fourth-order valence-corrected chi connectivity index (χ4v) is 4.20. The second-order valence-corrected chi connectivity index (χ2v) is 8.64. The van der Waals surface area contributed by atoms with Crippen molar-refractivity contribution in [1.82, 2.24) is 10.2 Å². The number of carbonyl (C=O) groups is 2. The Morgan fingerprint density at radius 1 is 1.06 bits per heavy atom. The first-order valence-corrected chi connectivity index (χ1v) is 11.2. The molecule has 0 saturated carbocycles. The molecule has 2 aromatic carbocycles. The molecule has 33 heavy (non-hydrogen) atoms. The number of ether oxygens (including phenoxy) is 2. The van der Waals surface area contributed by atoms with Gasteiger partial charge in [0.1, 0.15) is 24.9 Å². The van der Waals surface area contributed by atoms with Crippen LogP contribution in [0.1, 0.15) is 28.6 Å². The van der Waals surface area contributed by atoms with Gasteiger partial charge in [0, 0.05) is 17.0 Å². The summed E-state index contributed by atoms with van der Waals surface area (Å²) < 4.78 is 16.7. The molecular weight excluding hydrogens is 448 g/mol. The molecule has 5 rings (SSSR count). The van der Waals surface area contributed by atoms with E-state index in [0.717, 1.165) is 19.5 Å². The number of ketones is 1. The molecular formula is C24H23ClN2O6. The van der Waals surface area contributed by atoms with Crippen molar-refractivity contribution in [2.45, 2.75) is 18.6 Å². The van der Waals surface area contributed by atoms with Crippen LogP contribution in [-0.4, -0.2) is 60.6 Å². The Kier molecular flexibility index (Phi) is 5.97. The summed E-state index contributed by atoms with van der Waals surface area (Å²) in [6.45, 7) is 3.05. The van der Waals surface area contributed by atoms with Crippen molar-refractivity contribution in [2.75, 3.05) is 32.8 Å². The highest BCUT2D eigenvalue weighted by Crippen LogP contribution is 2.33. The number of furan rings is 1. The van der Waals surface area contributed by atoms with Crippen LogP contribution >= 0.6 is 11.6 Å². The molecule has 1 aromatic heterocycles. The van der Waals surface area contributed by atoms with Gasteiger partial charge in [-0.1, -0.05) is 17.7 Å². The summed E-state index contributed by atoms with van der Waals surface area (Å²) >= 11 is 5.99. The Morgan fingerprint density at radius 2 is 1.85 bits per heavy atom. The number of nitrogens with one attached hydrogen (secondary N) is 1. The number of rotatable bonds is 7. The summed E-state index contributed by atoms with van der Waals surface area (Å²) in [7, 11) is 0. The van der Waals surface area contributed by atoms with Crippen LogP contribution in [0.5, 0.6) is 11.5 Å². The first-order chi connectivity index (χ1) is 16.0. The maximum atomic E-state index is 12.8. The van der Waals surface area contributed by atoms with Crippen molar-refractivity contribution in [3.63, 3.8) is 0 Å². The molecule has 3 aromatic rings. The molecule has 2 N–H and O–H groups in total. The molecule has 172 valence electrons. The van der Waals surface area contributed by atoms with Gasteiger partial charge < -0.3 is 29.2 Å². The molecule has 0 unspecified atom stereocenters. The minimum atomic E-state index is -1.05. The fraction of sp³-hybridized carbons (Fsp3) is 0.333. The zero-order valence-electron chi connectivity index (χ0n) is 17.8. The van der Waals surface area contributed by atoms with Crippen molar-refractivity contribution in [3.05, 3.63) is 58.8 Å². The molecule has 0 spiro atoms. The van der Waals surface area contributed by atoms with E-state index in [-0.39, 0.29) is 5.76 Å². The van der Waals surface area contributed by atoms with Crippen molar-refractivity contribution < 1.29 is 28.6 Å². The van der Waals surface area contributed by atoms with Gasteiger partial charge in [0.15, 0.2) is 17.3 Å². The maximum Gasteiger partial charge on any atom is 0.296 e. The summed E-state index contributed by atoms with van der Waals surface area (Å²) in [6, 6.07) is 10.9. The lowest BCUT2D eigenvalue weighted by molar-refractivity contribution is -0.119. The third-order valence-electron chi connectivity index (χ3n) is 5.92. The second-order valence-electron chi connectivity index (χ2n) is 8.20. The van der Waals surface area contributed by atoms with Gasteiger partial charge in [-0.05, 0) is 61.5 Å². The van der Waals surface area contributed by atoms with Gasteiger partial charge in [0.25, 0.3) is 11.7 Å². The monoisotopic (exact) mass is 470 g/mol. The fourth-order valence-electron chi connectivity index (χ4n) is 4.02. The Bertz CT molecular complexity index is 1200. The minimum absolute atomic E-state index is 0.0821. The number of likely N-dealkylation sites (tertiary alicyclic amines) is 1. The number of aliphatic hydroxyl groups is 1. The van der Waals surface area contributed by atoms with E-state index < -0.39 is 23.8 Å². The van der Waals surface area contributed by atoms with Crippen molar-refractivity contribution in [2.24, 2.45) is 0 Å². The second kappa shape index (κ2) is 9.05. The third-order valence-corrected chi connectivity index (χ3v) is 6.15. The van der Waals surface area contributed by atoms with Gasteiger partial charge in [-0.25, -0.2) is 0 Å². The van der Waals surface area contributed by atoms with Gasteiger partial charge in [-0.2, -0.15) is 0 Å². The highest BCUT2D eigenvalue weighted by molar-refractivity contribution is 6.42. The average molecular weight is 471 g/mol. The number of Topliss-reactive ketones (excluding diaryl/α,β-unsaturated/α-hetero) is 1. The Hall–Kier alpha value is -3.07. The van der Waals surface area contributed by atoms with Crippen LogP contribution < -0.4 is 14.8 Å². The predicted molar refractivity (Wildman–Crippen MR) is 121 cm³/mol. The molecule has 2 atom stereocenters. The van der Waals surface area contributed by atoms with E-state index in [2.05, 4.69) is 10.2 Å². The summed E-state index contributed by atoms with van der Waals surface area (Å²) in [6.07, 6.45) is 0.00834. The van der Waals surface area contributed by atoms with Gasteiger partial charge >= 0.3 is 0 Å². The van der Waals surface area contributed by atoms with Crippen LogP contribution in [0, 0.1) is 0 Å². The molecule has 1 fully saturated rings. The minimum Gasteiger partial charge on any atom is -0.486 e. The van der Waals surface area contributed by atoms with Crippen LogP contribution in [-0.2, 0) is 4.79 Å². The van der Waals surface area contributed by atoms with Gasteiger partial charge in [-0.15, -0.1) is 0 Å². The molecule has 1 amide bonds. The number of benzene rings is 2. The first kappa shape index (κ1) is 21.8. The summed E-state index contributed by atoms with van der Waals surface area (Å²) in [5, 5.41) is 15.0.